The number of thiazole rings is 1. The van der Waals surface area contributed by atoms with Crippen LogP contribution in [-0.2, 0) is 0 Å². The van der Waals surface area contributed by atoms with Gasteiger partial charge in [-0.1, -0.05) is 6.07 Å². The van der Waals surface area contributed by atoms with E-state index in [9.17, 15) is 9.59 Å². The number of carbonyl (C=O) groups is 1. The van der Waals surface area contributed by atoms with Gasteiger partial charge in [-0.15, -0.1) is 11.3 Å². The Bertz CT molecular complexity index is 1040. The molecule has 8 heteroatoms. The SMILES string of the molecule is Cc1nc(C)c(C(=O)N2CCCC2c2nc(-c3ccccn3)cc(=O)[nH]2)s1. The smallest absolute Gasteiger partial charge is 0.266 e. The van der Waals surface area contributed by atoms with Gasteiger partial charge in [0.1, 0.15) is 10.7 Å². The van der Waals surface area contributed by atoms with Crippen LogP contribution >= 0.6 is 11.3 Å². The molecular weight excluding hydrogens is 362 g/mol. The maximum atomic E-state index is 13.1. The van der Waals surface area contributed by atoms with Gasteiger partial charge in [0.2, 0.25) is 0 Å². The summed E-state index contributed by atoms with van der Waals surface area (Å²) in [7, 11) is 0. The molecule has 1 fully saturated rings. The highest BCUT2D eigenvalue weighted by Gasteiger charge is 2.34. The summed E-state index contributed by atoms with van der Waals surface area (Å²) in [4.78, 5) is 43.8. The number of amides is 1. The molecule has 1 amide bonds. The molecule has 1 aliphatic rings. The normalized spacial score (nSPS) is 16.7. The predicted molar refractivity (Wildman–Crippen MR) is 103 cm³/mol. The second-order valence-electron chi connectivity index (χ2n) is 6.53. The zero-order valence-electron chi connectivity index (χ0n) is 15.1. The first kappa shape index (κ1) is 17.5. The average Bonchev–Trinajstić information content (AvgIpc) is 3.28. The minimum Gasteiger partial charge on any atom is -0.328 e. The van der Waals surface area contributed by atoms with Gasteiger partial charge in [-0.2, -0.15) is 0 Å². The lowest BCUT2D eigenvalue weighted by atomic mass is 10.2. The minimum absolute atomic E-state index is 0.0495. The summed E-state index contributed by atoms with van der Waals surface area (Å²) >= 11 is 1.41. The van der Waals surface area contributed by atoms with Crippen molar-refractivity contribution in [2.75, 3.05) is 6.54 Å². The van der Waals surface area contributed by atoms with Crippen LogP contribution in [0, 0.1) is 13.8 Å². The first-order valence-electron chi connectivity index (χ1n) is 8.80. The standard InChI is InChI=1S/C19H19N5O2S/c1-11-17(27-12(2)21-11)19(26)24-9-5-7-15(24)18-22-14(10-16(25)23-18)13-6-3-4-8-20-13/h3-4,6,8,10,15H,5,7,9H2,1-2H3,(H,22,23,25). The van der Waals surface area contributed by atoms with E-state index in [0.29, 0.717) is 28.6 Å². The lowest BCUT2D eigenvalue weighted by Crippen LogP contribution is -2.32. The molecule has 3 aromatic rings. The van der Waals surface area contributed by atoms with Gasteiger partial charge in [-0.25, -0.2) is 9.97 Å². The Balaban J connectivity index is 1.70. The Morgan fingerprint density at radius 3 is 2.81 bits per heavy atom. The summed E-state index contributed by atoms with van der Waals surface area (Å²) in [6.07, 6.45) is 3.29. The van der Waals surface area contributed by atoms with Crippen LogP contribution in [0.4, 0.5) is 0 Å². The van der Waals surface area contributed by atoms with Crippen molar-refractivity contribution in [3.63, 3.8) is 0 Å². The number of H-pyrrole nitrogens is 1. The highest BCUT2D eigenvalue weighted by atomic mass is 32.1. The van der Waals surface area contributed by atoms with Crippen molar-refractivity contribution in [3.05, 3.63) is 62.2 Å². The number of aromatic nitrogens is 4. The van der Waals surface area contributed by atoms with Gasteiger partial charge in [0.05, 0.1) is 28.1 Å². The van der Waals surface area contributed by atoms with Crippen LogP contribution in [0.15, 0.2) is 35.3 Å². The van der Waals surface area contributed by atoms with Crippen molar-refractivity contribution >= 4 is 17.2 Å². The van der Waals surface area contributed by atoms with E-state index in [-0.39, 0.29) is 17.5 Å². The molecule has 0 radical (unpaired) electrons. The Morgan fingerprint density at radius 1 is 1.26 bits per heavy atom. The van der Waals surface area contributed by atoms with E-state index >= 15 is 0 Å². The lowest BCUT2D eigenvalue weighted by Gasteiger charge is -2.23. The molecule has 3 aromatic heterocycles. The summed E-state index contributed by atoms with van der Waals surface area (Å²) in [5.74, 6) is 0.458. The number of nitrogens with zero attached hydrogens (tertiary/aromatic N) is 4. The van der Waals surface area contributed by atoms with Crippen LogP contribution in [0.5, 0.6) is 0 Å². The third-order valence-corrected chi connectivity index (χ3v) is 5.68. The molecule has 27 heavy (non-hydrogen) atoms. The largest absolute Gasteiger partial charge is 0.328 e. The molecule has 0 bridgehead atoms. The van der Waals surface area contributed by atoms with Gasteiger partial charge in [-0.3, -0.25) is 14.6 Å². The van der Waals surface area contributed by atoms with Crippen molar-refractivity contribution < 1.29 is 4.79 Å². The van der Waals surface area contributed by atoms with Crippen LogP contribution in [0.3, 0.4) is 0 Å². The van der Waals surface area contributed by atoms with E-state index in [1.807, 2.05) is 32.0 Å². The van der Waals surface area contributed by atoms with E-state index in [1.165, 1.54) is 17.4 Å². The Kier molecular flexibility index (Phi) is 4.57. The molecule has 1 N–H and O–H groups in total. The summed E-state index contributed by atoms with van der Waals surface area (Å²) in [6.45, 7) is 4.38. The van der Waals surface area contributed by atoms with E-state index in [0.717, 1.165) is 23.5 Å². The van der Waals surface area contributed by atoms with Crippen LogP contribution in [-0.4, -0.2) is 37.3 Å². The molecule has 7 nitrogen and oxygen atoms in total. The van der Waals surface area contributed by atoms with Gasteiger partial charge in [-0.05, 0) is 38.8 Å². The number of hydrogen-bond acceptors (Lipinski definition) is 6. The fourth-order valence-electron chi connectivity index (χ4n) is 3.43. The summed E-state index contributed by atoms with van der Waals surface area (Å²) in [5.41, 5.74) is 1.65. The van der Waals surface area contributed by atoms with Gasteiger partial charge < -0.3 is 9.88 Å². The fraction of sp³-hybridized carbons (Fsp3) is 0.316. The van der Waals surface area contributed by atoms with Crippen LogP contribution in [0.2, 0.25) is 0 Å². The quantitative estimate of drug-likeness (QED) is 0.753. The van der Waals surface area contributed by atoms with Crippen LogP contribution < -0.4 is 5.56 Å². The summed E-state index contributed by atoms with van der Waals surface area (Å²) in [6, 6.07) is 6.66. The average molecular weight is 381 g/mol. The van der Waals surface area contributed by atoms with Gasteiger partial charge in [0.25, 0.3) is 11.5 Å². The molecule has 0 aromatic carbocycles. The third kappa shape index (κ3) is 3.40. The number of hydrogen-bond donors (Lipinski definition) is 1. The molecule has 138 valence electrons. The molecule has 4 rings (SSSR count). The minimum atomic E-state index is -0.254. The Labute approximate surface area is 160 Å². The Morgan fingerprint density at radius 2 is 2.11 bits per heavy atom. The van der Waals surface area contributed by atoms with Gasteiger partial charge >= 0.3 is 0 Å². The first-order chi connectivity index (χ1) is 13.0. The number of carbonyl (C=O) groups excluding carboxylic acids is 1. The summed E-state index contributed by atoms with van der Waals surface area (Å²) < 4.78 is 0. The van der Waals surface area contributed by atoms with E-state index < -0.39 is 0 Å². The predicted octanol–water partition coefficient (Wildman–Crippen LogP) is 2.88. The highest BCUT2D eigenvalue weighted by Crippen LogP contribution is 2.33. The van der Waals surface area contributed by atoms with E-state index in [4.69, 9.17) is 0 Å². The molecule has 0 spiro atoms. The number of likely N-dealkylation sites (tertiary alicyclic amines) is 1. The maximum Gasteiger partial charge on any atom is 0.266 e. The molecule has 0 aliphatic carbocycles. The maximum absolute atomic E-state index is 13.1. The highest BCUT2D eigenvalue weighted by molar-refractivity contribution is 7.13. The van der Waals surface area contributed by atoms with Crippen molar-refractivity contribution in [3.8, 4) is 11.4 Å². The topological polar surface area (TPSA) is 91.8 Å². The zero-order chi connectivity index (χ0) is 19.0. The van der Waals surface area contributed by atoms with E-state index in [2.05, 4.69) is 19.9 Å². The second kappa shape index (κ2) is 7.03. The van der Waals surface area contributed by atoms with Crippen LogP contribution in [0.25, 0.3) is 11.4 Å². The fourth-order valence-corrected chi connectivity index (χ4v) is 4.31. The number of nitrogens with one attached hydrogen (secondary N) is 1. The second-order valence-corrected chi connectivity index (χ2v) is 7.74. The number of aryl methyl sites for hydroxylation is 2. The van der Waals surface area contributed by atoms with Crippen molar-refractivity contribution in [1.82, 2.24) is 24.8 Å². The molecule has 1 unspecified atom stereocenters. The summed E-state index contributed by atoms with van der Waals surface area (Å²) in [5, 5.41) is 0.871. The molecule has 0 saturated carbocycles. The monoisotopic (exact) mass is 381 g/mol. The van der Waals surface area contributed by atoms with Crippen LogP contribution in [0.1, 0.15) is 45.1 Å². The van der Waals surface area contributed by atoms with Crippen molar-refractivity contribution in [1.29, 1.82) is 0 Å². The Hall–Kier alpha value is -2.87. The number of aromatic amines is 1. The molecule has 1 saturated heterocycles. The zero-order valence-corrected chi connectivity index (χ0v) is 15.9. The lowest BCUT2D eigenvalue weighted by molar-refractivity contribution is 0.0733. The molecular formula is C19H19N5O2S. The first-order valence-corrected chi connectivity index (χ1v) is 9.62. The van der Waals surface area contributed by atoms with E-state index in [1.54, 1.807) is 11.1 Å². The van der Waals surface area contributed by atoms with Crippen molar-refractivity contribution in [2.24, 2.45) is 0 Å². The van der Waals surface area contributed by atoms with Gasteiger partial charge in [0, 0.05) is 18.8 Å². The third-order valence-electron chi connectivity index (χ3n) is 4.61. The molecule has 1 aliphatic heterocycles. The van der Waals surface area contributed by atoms with Gasteiger partial charge in [0.15, 0.2) is 0 Å². The number of pyridine rings is 1. The molecule has 4 heterocycles. The van der Waals surface area contributed by atoms with Crippen molar-refractivity contribution in [2.45, 2.75) is 32.7 Å². The number of rotatable bonds is 3. The molecule has 1 atom stereocenters.